The van der Waals surface area contributed by atoms with Crippen LogP contribution < -0.4 is 10.0 Å². The summed E-state index contributed by atoms with van der Waals surface area (Å²) < 4.78 is 33.4. The Morgan fingerprint density at radius 1 is 1.33 bits per heavy atom. The molecule has 0 unspecified atom stereocenters. The SMILES string of the molecule is COC(=O)Nc1ccc(S(=O)(=O)NC[C@H](C)Cn2cccn2)cc1. The minimum atomic E-state index is -3.61. The van der Waals surface area contributed by atoms with Crippen LogP contribution in [0.1, 0.15) is 6.92 Å². The number of amides is 1. The summed E-state index contributed by atoms with van der Waals surface area (Å²) in [6, 6.07) is 7.66. The number of nitrogens with one attached hydrogen (secondary N) is 2. The Labute approximate surface area is 140 Å². The van der Waals surface area contributed by atoms with Crippen molar-refractivity contribution < 1.29 is 17.9 Å². The van der Waals surface area contributed by atoms with Gasteiger partial charge in [0.25, 0.3) is 0 Å². The number of anilines is 1. The van der Waals surface area contributed by atoms with E-state index >= 15 is 0 Å². The number of benzene rings is 1. The second kappa shape index (κ2) is 7.93. The van der Waals surface area contributed by atoms with Crippen LogP contribution in [-0.2, 0) is 21.3 Å². The van der Waals surface area contributed by atoms with E-state index in [1.54, 1.807) is 10.9 Å². The first kappa shape index (κ1) is 18.0. The Morgan fingerprint density at radius 2 is 2.04 bits per heavy atom. The molecule has 1 amide bonds. The molecule has 0 radical (unpaired) electrons. The smallest absolute Gasteiger partial charge is 0.411 e. The van der Waals surface area contributed by atoms with Gasteiger partial charge in [0, 0.05) is 31.2 Å². The van der Waals surface area contributed by atoms with Gasteiger partial charge in [-0.1, -0.05) is 6.92 Å². The van der Waals surface area contributed by atoms with Gasteiger partial charge in [0.1, 0.15) is 0 Å². The first-order valence-corrected chi connectivity index (χ1v) is 8.81. The van der Waals surface area contributed by atoms with Crippen molar-refractivity contribution in [3.8, 4) is 0 Å². The van der Waals surface area contributed by atoms with Gasteiger partial charge >= 0.3 is 6.09 Å². The fraction of sp³-hybridized carbons (Fsp3) is 0.333. The van der Waals surface area contributed by atoms with Gasteiger partial charge in [0.05, 0.1) is 12.0 Å². The fourth-order valence-corrected chi connectivity index (χ4v) is 3.18. The maximum Gasteiger partial charge on any atom is 0.411 e. The van der Waals surface area contributed by atoms with E-state index in [9.17, 15) is 13.2 Å². The van der Waals surface area contributed by atoms with Crippen LogP contribution in [0.4, 0.5) is 10.5 Å². The lowest BCUT2D eigenvalue weighted by Crippen LogP contribution is -2.30. The van der Waals surface area contributed by atoms with E-state index in [1.165, 1.54) is 31.4 Å². The second-order valence-corrected chi connectivity index (χ2v) is 7.09. The van der Waals surface area contributed by atoms with Crippen LogP contribution in [0.3, 0.4) is 0 Å². The third-order valence-corrected chi connectivity index (χ3v) is 4.72. The Balaban J connectivity index is 1.93. The molecule has 0 saturated heterocycles. The summed E-state index contributed by atoms with van der Waals surface area (Å²) in [6.07, 6.45) is 2.90. The molecule has 24 heavy (non-hydrogen) atoms. The van der Waals surface area contributed by atoms with Crippen LogP contribution in [0.5, 0.6) is 0 Å². The topological polar surface area (TPSA) is 102 Å². The van der Waals surface area contributed by atoms with Crippen LogP contribution in [0, 0.1) is 5.92 Å². The largest absolute Gasteiger partial charge is 0.453 e. The van der Waals surface area contributed by atoms with E-state index in [2.05, 4.69) is 19.9 Å². The highest BCUT2D eigenvalue weighted by Crippen LogP contribution is 2.14. The number of ether oxygens (including phenoxy) is 1. The molecule has 9 heteroatoms. The minimum Gasteiger partial charge on any atom is -0.453 e. The highest BCUT2D eigenvalue weighted by atomic mass is 32.2. The molecule has 0 bridgehead atoms. The molecule has 1 heterocycles. The van der Waals surface area contributed by atoms with E-state index in [4.69, 9.17) is 0 Å². The van der Waals surface area contributed by atoms with Gasteiger partial charge in [0.2, 0.25) is 10.0 Å². The maximum absolute atomic E-state index is 12.3. The lowest BCUT2D eigenvalue weighted by molar-refractivity contribution is 0.187. The number of rotatable bonds is 7. The zero-order valence-electron chi connectivity index (χ0n) is 13.5. The number of hydrogen-bond acceptors (Lipinski definition) is 5. The Bertz CT molecular complexity index is 757. The van der Waals surface area contributed by atoms with Crippen molar-refractivity contribution in [2.24, 2.45) is 5.92 Å². The highest BCUT2D eigenvalue weighted by molar-refractivity contribution is 7.89. The van der Waals surface area contributed by atoms with E-state index in [1.807, 2.05) is 19.2 Å². The Morgan fingerprint density at radius 3 is 2.62 bits per heavy atom. The van der Waals surface area contributed by atoms with Crippen molar-refractivity contribution in [3.05, 3.63) is 42.7 Å². The number of hydrogen-bond donors (Lipinski definition) is 2. The number of aromatic nitrogens is 2. The number of carbonyl (C=O) groups is 1. The zero-order chi connectivity index (χ0) is 17.6. The average molecular weight is 352 g/mol. The van der Waals surface area contributed by atoms with Gasteiger partial charge in [0.15, 0.2) is 0 Å². The van der Waals surface area contributed by atoms with Crippen molar-refractivity contribution in [1.29, 1.82) is 0 Å². The predicted octanol–water partition coefficient (Wildman–Crippen LogP) is 1.68. The summed E-state index contributed by atoms with van der Waals surface area (Å²) in [6.45, 7) is 2.86. The number of methoxy groups -OCH3 is 1. The molecular weight excluding hydrogens is 332 g/mol. The molecule has 130 valence electrons. The molecule has 0 fully saturated rings. The highest BCUT2D eigenvalue weighted by Gasteiger charge is 2.15. The molecule has 0 saturated carbocycles. The van der Waals surface area contributed by atoms with Crippen molar-refractivity contribution in [2.45, 2.75) is 18.4 Å². The molecule has 1 aromatic heterocycles. The first-order valence-electron chi connectivity index (χ1n) is 7.33. The van der Waals surface area contributed by atoms with Crippen molar-refractivity contribution in [2.75, 3.05) is 19.0 Å². The lowest BCUT2D eigenvalue weighted by atomic mass is 10.2. The third-order valence-electron chi connectivity index (χ3n) is 3.28. The number of carbonyl (C=O) groups excluding carboxylic acids is 1. The molecule has 0 aliphatic rings. The fourth-order valence-electron chi connectivity index (χ4n) is 2.01. The van der Waals surface area contributed by atoms with E-state index in [0.29, 0.717) is 18.8 Å². The van der Waals surface area contributed by atoms with Crippen molar-refractivity contribution in [1.82, 2.24) is 14.5 Å². The van der Waals surface area contributed by atoms with Crippen LogP contribution in [0.2, 0.25) is 0 Å². The molecule has 0 spiro atoms. The molecule has 0 aliphatic carbocycles. The van der Waals surface area contributed by atoms with Gasteiger partial charge in [-0.25, -0.2) is 17.9 Å². The summed E-state index contributed by atoms with van der Waals surface area (Å²) >= 11 is 0. The molecule has 2 rings (SSSR count). The summed E-state index contributed by atoms with van der Waals surface area (Å²) in [5, 5.41) is 6.55. The van der Waals surface area contributed by atoms with Gasteiger partial charge < -0.3 is 4.74 Å². The molecule has 2 N–H and O–H groups in total. The van der Waals surface area contributed by atoms with Gasteiger partial charge in [-0.05, 0) is 36.2 Å². The van der Waals surface area contributed by atoms with E-state index in [0.717, 1.165) is 0 Å². The standard InChI is InChI=1S/C15H20N4O4S/c1-12(11-19-9-3-8-16-19)10-17-24(21,22)14-6-4-13(5-7-14)18-15(20)23-2/h3-9,12,17H,10-11H2,1-2H3,(H,18,20)/t12-/m0/s1. The van der Waals surface area contributed by atoms with E-state index < -0.39 is 16.1 Å². The Hall–Kier alpha value is -2.39. The predicted molar refractivity (Wildman–Crippen MR) is 89.0 cm³/mol. The van der Waals surface area contributed by atoms with Crippen LogP contribution >= 0.6 is 0 Å². The van der Waals surface area contributed by atoms with Crippen molar-refractivity contribution in [3.63, 3.8) is 0 Å². The Kier molecular flexibility index (Phi) is 5.93. The normalized spacial score (nSPS) is 12.6. The van der Waals surface area contributed by atoms with Gasteiger partial charge in [-0.15, -0.1) is 0 Å². The van der Waals surface area contributed by atoms with Crippen LogP contribution in [0.15, 0.2) is 47.6 Å². The maximum atomic E-state index is 12.3. The summed E-state index contributed by atoms with van der Waals surface area (Å²) in [7, 11) is -2.36. The van der Waals surface area contributed by atoms with Gasteiger partial charge in [-0.2, -0.15) is 5.10 Å². The zero-order valence-corrected chi connectivity index (χ0v) is 14.3. The van der Waals surface area contributed by atoms with Crippen LogP contribution in [0.25, 0.3) is 0 Å². The molecule has 1 aromatic carbocycles. The third kappa shape index (κ3) is 5.07. The lowest BCUT2D eigenvalue weighted by Gasteiger charge is -2.13. The summed E-state index contributed by atoms with van der Waals surface area (Å²) in [4.78, 5) is 11.2. The first-order chi connectivity index (χ1) is 11.4. The van der Waals surface area contributed by atoms with E-state index in [-0.39, 0.29) is 10.8 Å². The average Bonchev–Trinajstić information content (AvgIpc) is 3.06. The van der Waals surface area contributed by atoms with Crippen LogP contribution in [-0.4, -0.2) is 37.9 Å². The number of nitrogens with zero attached hydrogens (tertiary/aromatic N) is 2. The minimum absolute atomic E-state index is 0.0833. The molecule has 0 aliphatic heterocycles. The summed E-state index contributed by atoms with van der Waals surface area (Å²) in [5.74, 6) is 0.0833. The van der Waals surface area contributed by atoms with Crippen molar-refractivity contribution >= 4 is 21.8 Å². The van der Waals surface area contributed by atoms with Gasteiger partial charge in [-0.3, -0.25) is 10.00 Å². The summed E-state index contributed by atoms with van der Waals surface area (Å²) in [5.41, 5.74) is 0.452. The molecule has 8 nitrogen and oxygen atoms in total. The monoisotopic (exact) mass is 352 g/mol. The number of sulfonamides is 1. The quantitative estimate of drug-likeness (QED) is 0.789. The molecule has 1 atom stereocenters. The second-order valence-electron chi connectivity index (χ2n) is 5.33. The molecule has 2 aromatic rings. The molecular formula is C15H20N4O4S.